The van der Waals surface area contributed by atoms with E-state index in [2.05, 4.69) is 19.9 Å². The molecule has 0 fully saturated rings. The molecule has 2 aromatic heterocycles. The summed E-state index contributed by atoms with van der Waals surface area (Å²) in [4.78, 5) is 16.5. The molecule has 3 rings (SSSR count). The van der Waals surface area contributed by atoms with Crippen molar-refractivity contribution in [2.24, 2.45) is 0 Å². The first-order chi connectivity index (χ1) is 10.4. The van der Waals surface area contributed by atoms with Gasteiger partial charge < -0.3 is 0 Å². The fourth-order valence-corrected chi connectivity index (χ4v) is 2.29. The van der Waals surface area contributed by atoms with Crippen LogP contribution in [0.4, 0.5) is 8.78 Å². The van der Waals surface area contributed by atoms with Gasteiger partial charge in [0.15, 0.2) is 17.3 Å². The standard InChI is InChI=1S/C14H8Cl2F2N4/c1-5-6(2)20-13-12(19-5)11(21-14(16)22-13)7-3-4-8(15)10(18)9(7)17/h3-4H,1-2H3. The van der Waals surface area contributed by atoms with E-state index in [9.17, 15) is 8.78 Å². The molecule has 8 heteroatoms. The molecule has 22 heavy (non-hydrogen) atoms. The topological polar surface area (TPSA) is 51.6 Å². The summed E-state index contributed by atoms with van der Waals surface area (Å²) in [7, 11) is 0. The Hall–Kier alpha value is -1.92. The molecule has 0 aliphatic carbocycles. The molecule has 3 aromatic rings. The maximum Gasteiger partial charge on any atom is 0.225 e. The summed E-state index contributed by atoms with van der Waals surface area (Å²) in [6.45, 7) is 3.51. The zero-order valence-corrected chi connectivity index (χ0v) is 13.0. The normalized spacial score (nSPS) is 11.2. The maximum atomic E-state index is 14.2. The number of nitrogens with zero attached hydrogens (tertiary/aromatic N) is 4. The zero-order chi connectivity index (χ0) is 16.0. The van der Waals surface area contributed by atoms with Crippen molar-refractivity contribution in [3.63, 3.8) is 0 Å². The monoisotopic (exact) mass is 340 g/mol. The second-order valence-corrected chi connectivity index (χ2v) is 5.38. The molecule has 2 heterocycles. The Morgan fingerprint density at radius 2 is 1.55 bits per heavy atom. The van der Waals surface area contributed by atoms with Crippen molar-refractivity contribution in [1.29, 1.82) is 0 Å². The second kappa shape index (κ2) is 5.37. The molecule has 0 N–H and O–H groups in total. The van der Waals surface area contributed by atoms with Gasteiger partial charge in [-0.15, -0.1) is 0 Å². The largest absolute Gasteiger partial charge is 0.246 e. The number of rotatable bonds is 1. The van der Waals surface area contributed by atoms with E-state index in [1.54, 1.807) is 13.8 Å². The molecule has 0 aliphatic rings. The van der Waals surface area contributed by atoms with Gasteiger partial charge in [-0.05, 0) is 37.6 Å². The Kier molecular flexibility index (Phi) is 3.66. The predicted octanol–water partition coefficient (Wildman–Crippen LogP) is 4.29. The Labute approximate surface area is 134 Å². The third kappa shape index (κ3) is 2.38. The molecule has 0 unspecified atom stereocenters. The molecular weight excluding hydrogens is 333 g/mol. The molecule has 0 bridgehead atoms. The highest BCUT2D eigenvalue weighted by Gasteiger charge is 2.19. The average Bonchev–Trinajstić information content (AvgIpc) is 2.46. The van der Waals surface area contributed by atoms with Crippen LogP contribution < -0.4 is 0 Å². The smallest absolute Gasteiger partial charge is 0.225 e. The number of hydrogen-bond acceptors (Lipinski definition) is 4. The summed E-state index contributed by atoms with van der Waals surface area (Å²) in [5, 5.41) is -0.446. The number of aryl methyl sites for hydroxylation is 2. The minimum atomic E-state index is -1.15. The van der Waals surface area contributed by atoms with Crippen LogP contribution in [0.25, 0.3) is 22.4 Å². The Bertz CT molecular complexity index is 915. The number of halogens is 4. The van der Waals surface area contributed by atoms with E-state index in [1.807, 2.05) is 0 Å². The summed E-state index contributed by atoms with van der Waals surface area (Å²) < 4.78 is 27.9. The summed E-state index contributed by atoms with van der Waals surface area (Å²) in [5.74, 6) is -2.28. The lowest BCUT2D eigenvalue weighted by Crippen LogP contribution is -2.02. The zero-order valence-electron chi connectivity index (χ0n) is 11.5. The molecule has 0 saturated heterocycles. The van der Waals surface area contributed by atoms with Crippen LogP contribution in [0.2, 0.25) is 10.3 Å². The summed E-state index contributed by atoms with van der Waals surface area (Å²) in [6.07, 6.45) is 0. The molecule has 0 amide bonds. The Balaban J connectivity index is 2.40. The van der Waals surface area contributed by atoms with Crippen LogP contribution in [0, 0.1) is 25.5 Å². The van der Waals surface area contributed by atoms with Crippen LogP contribution in [-0.4, -0.2) is 19.9 Å². The maximum absolute atomic E-state index is 14.2. The fourth-order valence-electron chi connectivity index (χ4n) is 1.98. The van der Waals surface area contributed by atoms with E-state index in [0.717, 1.165) is 0 Å². The highest BCUT2D eigenvalue weighted by atomic mass is 35.5. The van der Waals surface area contributed by atoms with Gasteiger partial charge in [-0.3, -0.25) is 0 Å². The minimum absolute atomic E-state index is 0.0682. The van der Waals surface area contributed by atoms with Crippen LogP contribution in [0.5, 0.6) is 0 Å². The van der Waals surface area contributed by atoms with E-state index < -0.39 is 11.6 Å². The molecule has 1 aromatic carbocycles. The van der Waals surface area contributed by atoms with E-state index in [4.69, 9.17) is 23.2 Å². The number of benzene rings is 1. The first kappa shape index (κ1) is 15.0. The van der Waals surface area contributed by atoms with Crippen LogP contribution in [-0.2, 0) is 0 Å². The SMILES string of the molecule is Cc1nc2nc(Cl)nc(-c3ccc(Cl)c(F)c3F)c2nc1C. The fraction of sp³-hybridized carbons (Fsp3) is 0.143. The van der Waals surface area contributed by atoms with Crippen LogP contribution in [0.3, 0.4) is 0 Å². The van der Waals surface area contributed by atoms with Crippen LogP contribution in [0.1, 0.15) is 11.4 Å². The quantitative estimate of drug-likeness (QED) is 0.489. The highest BCUT2D eigenvalue weighted by molar-refractivity contribution is 6.31. The highest BCUT2D eigenvalue weighted by Crippen LogP contribution is 2.31. The molecule has 4 nitrogen and oxygen atoms in total. The summed E-state index contributed by atoms with van der Waals surface area (Å²) in [5.41, 5.74) is 1.72. The van der Waals surface area contributed by atoms with Crippen molar-refractivity contribution in [3.05, 3.63) is 45.5 Å². The van der Waals surface area contributed by atoms with Crippen molar-refractivity contribution >= 4 is 34.4 Å². The number of hydrogen-bond donors (Lipinski definition) is 0. The van der Waals surface area contributed by atoms with E-state index in [-0.39, 0.29) is 32.7 Å². The van der Waals surface area contributed by atoms with Gasteiger partial charge in [-0.2, -0.15) is 4.98 Å². The molecular formula is C14H8Cl2F2N4. The number of fused-ring (bicyclic) bond motifs is 1. The third-order valence-corrected chi connectivity index (χ3v) is 3.67. The molecule has 0 spiro atoms. The minimum Gasteiger partial charge on any atom is -0.246 e. The van der Waals surface area contributed by atoms with E-state index in [0.29, 0.717) is 11.4 Å². The van der Waals surface area contributed by atoms with Crippen molar-refractivity contribution in [2.45, 2.75) is 13.8 Å². The Morgan fingerprint density at radius 3 is 2.27 bits per heavy atom. The first-order valence-corrected chi connectivity index (χ1v) is 6.96. The summed E-state index contributed by atoms with van der Waals surface area (Å²) >= 11 is 11.4. The van der Waals surface area contributed by atoms with E-state index in [1.165, 1.54) is 12.1 Å². The van der Waals surface area contributed by atoms with Crippen LogP contribution in [0.15, 0.2) is 12.1 Å². The van der Waals surface area contributed by atoms with Gasteiger partial charge in [0.2, 0.25) is 5.28 Å². The predicted molar refractivity (Wildman–Crippen MR) is 80.0 cm³/mol. The molecule has 0 radical (unpaired) electrons. The second-order valence-electron chi connectivity index (χ2n) is 4.63. The van der Waals surface area contributed by atoms with Crippen molar-refractivity contribution in [1.82, 2.24) is 19.9 Å². The van der Waals surface area contributed by atoms with E-state index >= 15 is 0 Å². The van der Waals surface area contributed by atoms with Crippen molar-refractivity contribution in [3.8, 4) is 11.3 Å². The molecule has 0 aliphatic heterocycles. The lowest BCUT2D eigenvalue weighted by atomic mass is 10.1. The lowest BCUT2D eigenvalue weighted by Gasteiger charge is -2.09. The van der Waals surface area contributed by atoms with Crippen molar-refractivity contribution in [2.75, 3.05) is 0 Å². The van der Waals surface area contributed by atoms with Gasteiger partial charge in [0.25, 0.3) is 0 Å². The van der Waals surface area contributed by atoms with Gasteiger partial charge >= 0.3 is 0 Å². The third-order valence-electron chi connectivity index (χ3n) is 3.21. The number of aromatic nitrogens is 4. The lowest BCUT2D eigenvalue weighted by molar-refractivity contribution is 0.511. The van der Waals surface area contributed by atoms with Gasteiger partial charge in [-0.25, -0.2) is 23.7 Å². The summed E-state index contributed by atoms with van der Waals surface area (Å²) in [6, 6.07) is 2.56. The van der Waals surface area contributed by atoms with Crippen LogP contribution >= 0.6 is 23.2 Å². The van der Waals surface area contributed by atoms with Gasteiger partial charge in [0, 0.05) is 5.56 Å². The van der Waals surface area contributed by atoms with Gasteiger partial charge in [0.05, 0.1) is 16.4 Å². The molecule has 112 valence electrons. The molecule has 0 saturated carbocycles. The Morgan fingerprint density at radius 1 is 0.864 bits per heavy atom. The van der Waals surface area contributed by atoms with Crippen molar-refractivity contribution < 1.29 is 8.78 Å². The van der Waals surface area contributed by atoms with Gasteiger partial charge in [0.1, 0.15) is 11.2 Å². The first-order valence-electron chi connectivity index (χ1n) is 6.21. The molecule has 0 atom stereocenters. The van der Waals surface area contributed by atoms with Gasteiger partial charge in [-0.1, -0.05) is 11.6 Å². The average molecular weight is 341 g/mol.